The predicted octanol–water partition coefficient (Wildman–Crippen LogP) is 2.14. The first kappa shape index (κ1) is 13.1. The first-order valence-corrected chi connectivity index (χ1v) is 6.95. The van der Waals surface area contributed by atoms with Gasteiger partial charge >= 0.3 is 5.97 Å². The number of nitrogen functional groups attached to an aromatic ring is 1. The second kappa shape index (κ2) is 5.56. The zero-order valence-corrected chi connectivity index (χ0v) is 11.6. The molecule has 18 heavy (non-hydrogen) atoms. The molecule has 1 heterocycles. The van der Waals surface area contributed by atoms with Gasteiger partial charge in [-0.15, -0.1) is 0 Å². The third kappa shape index (κ3) is 2.58. The first-order valence-electron chi connectivity index (χ1n) is 6.18. The van der Waals surface area contributed by atoms with Crippen LogP contribution in [0.4, 0.5) is 10.8 Å². The molecule has 1 aromatic heterocycles. The van der Waals surface area contributed by atoms with Gasteiger partial charge in [-0.3, -0.25) is 0 Å². The number of hydrogen-bond donors (Lipinski definition) is 1. The van der Waals surface area contributed by atoms with Crippen LogP contribution in [0.25, 0.3) is 0 Å². The minimum absolute atomic E-state index is 0.264. The number of methoxy groups -OCH3 is 1. The van der Waals surface area contributed by atoms with Crippen LogP contribution in [0.2, 0.25) is 0 Å². The van der Waals surface area contributed by atoms with Crippen LogP contribution in [-0.2, 0) is 4.74 Å². The van der Waals surface area contributed by atoms with Crippen LogP contribution in [0.15, 0.2) is 0 Å². The van der Waals surface area contributed by atoms with Crippen molar-refractivity contribution in [1.29, 1.82) is 0 Å². The van der Waals surface area contributed by atoms with Gasteiger partial charge in [0.15, 0.2) is 5.82 Å². The summed E-state index contributed by atoms with van der Waals surface area (Å²) in [4.78, 5) is 13.8. The van der Waals surface area contributed by atoms with Crippen LogP contribution in [0.1, 0.15) is 36.0 Å². The van der Waals surface area contributed by atoms with Crippen LogP contribution in [0, 0.1) is 5.92 Å². The molecule has 0 spiro atoms. The zero-order valence-electron chi connectivity index (χ0n) is 10.8. The number of nitrogens with zero attached hydrogens (tertiary/aromatic N) is 2. The van der Waals surface area contributed by atoms with Crippen molar-refractivity contribution in [2.75, 3.05) is 31.3 Å². The fraction of sp³-hybridized carbons (Fsp3) is 0.667. The lowest BCUT2D eigenvalue weighted by molar-refractivity contribution is 0.0603. The molecule has 0 atom stereocenters. The maximum Gasteiger partial charge on any atom is 0.344 e. The molecular weight excluding hydrogens is 250 g/mol. The summed E-state index contributed by atoms with van der Waals surface area (Å²) in [5.41, 5.74) is 6.14. The van der Waals surface area contributed by atoms with Crippen molar-refractivity contribution < 1.29 is 9.53 Å². The molecule has 6 heteroatoms. The molecule has 0 unspecified atom stereocenters. The Morgan fingerprint density at radius 3 is 2.83 bits per heavy atom. The van der Waals surface area contributed by atoms with Gasteiger partial charge in [-0.2, -0.15) is 4.37 Å². The van der Waals surface area contributed by atoms with Crippen molar-refractivity contribution in [2.45, 2.75) is 25.7 Å². The van der Waals surface area contributed by atoms with E-state index in [-0.39, 0.29) is 5.82 Å². The number of esters is 1. The maximum absolute atomic E-state index is 11.7. The van der Waals surface area contributed by atoms with Gasteiger partial charge in [-0.05, 0) is 30.3 Å². The third-order valence-electron chi connectivity index (χ3n) is 3.44. The van der Waals surface area contributed by atoms with Crippen LogP contribution in [0.3, 0.4) is 0 Å². The van der Waals surface area contributed by atoms with Crippen molar-refractivity contribution in [2.24, 2.45) is 5.92 Å². The summed E-state index contributed by atoms with van der Waals surface area (Å²) >= 11 is 1.26. The van der Waals surface area contributed by atoms with E-state index in [1.54, 1.807) is 0 Å². The average Bonchev–Trinajstić information content (AvgIpc) is 2.97. The number of hydrogen-bond acceptors (Lipinski definition) is 6. The number of rotatable bonds is 4. The Labute approximate surface area is 111 Å². The van der Waals surface area contributed by atoms with Crippen molar-refractivity contribution >= 4 is 28.3 Å². The standard InChI is InChI=1S/C12H19N3O2S/c1-15(7-8-5-3-4-6-8)11-9(12(16)17-2)10(13)14-18-11/h8H,3-7H2,1-2H3,(H2,13,14). The van der Waals surface area contributed by atoms with Gasteiger partial charge in [0.1, 0.15) is 10.6 Å². The van der Waals surface area contributed by atoms with Crippen molar-refractivity contribution in [3.05, 3.63) is 5.56 Å². The van der Waals surface area contributed by atoms with Gasteiger partial charge in [0, 0.05) is 13.6 Å². The van der Waals surface area contributed by atoms with E-state index in [0.717, 1.165) is 11.5 Å². The highest BCUT2D eigenvalue weighted by atomic mass is 32.1. The van der Waals surface area contributed by atoms with Gasteiger partial charge in [-0.1, -0.05) is 12.8 Å². The van der Waals surface area contributed by atoms with Crippen LogP contribution in [0.5, 0.6) is 0 Å². The Morgan fingerprint density at radius 2 is 2.22 bits per heavy atom. The second-order valence-corrected chi connectivity index (χ2v) is 5.52. The van der Waals surface area contributed by atoms with E-state index >= 15 is 0 Å². The van der Waals surface area contributed by atoms with E-state index < -0.39 is 5.97 Å². The molecule has 1 aliphatic rings. The smallest absolute Gasteiger partial charge is 0.344 e. The van der Waals surface area contributed by atoms with Gasteiger partial charge in [0.05, 0.1) is 7.11 Å². The molecule has 0 aliphatic heterocycles. The SMILES string of the molecule is COC(=O)c1c(N)nsc1N(C)CC1CCCC1. The second-order valence-electron chi connectivity index (χ2n) is 4.77. The molecule has 0 saturated heterocycles. The predicted molar refractivity (Wildman–Crippen MR) is 73.1 cm³/mol. The Morgan fingerprint density at radius 1 is 1.56 bits per heavy atom. The lowest BCUT2D eigenvalue weighted by Gasteiger charge is -2.21. The number of aromatic nitrogens is 1. The van der Waals surface area contributed by atoms with Gasteiger partial charge < -0.3 is 15.4 Å². The largest absolute Gasteiger partial charge is 0.465 e. The maximum atomic E-state index is 11.7. The monoisotopic (exact) mass is 269 g/mol. The Kier molecular flexibility index (Phi) is 4.06. The summed E-state index contributed by atoms with van der Waals surface area (Å²) in [5.74, 6) is 0.568. The summed E-state index contributed by atoms with van der Waals surface area (Å²) in [6.45, 7) is 0.950. The molecule has 100 valence electrons. The van der Waals surface area contributed by atoms with Crippen molar-refractivity contribution in [3.63, 3.8) is 0 Å². The van der Waals surface area contributed by atoms with E-state index in [0.29, 0.717) is 11.5 Å². The Bertz CT molecular complexity index is 427. The Hall–Kier alpha value is -1.30. The molecule has 1 fully saturated rings. The van der Waals surface area contributed by atoms with Gasteiger partial charge in [0.25, 0.3) is 0 Å². The lowest BCUT2D eigenvalue weighted by atomic mass is 10.1. The molecule has 1 aromatic rings. The summed E-state index contributed by atoms with van der Waals surface area (Å²) in [7, 11) is 3.35. The van der Waals surface area contributed by atoms with Crippen LogP contribution in [-0.4, -0.2) is 31.0 Å². The fourth-order valence-corrected chi connectivity index (χ4v) is 3.28. The van der Waals surface area contributed by atoms with E-state index in [1.165, 1.54) is 44.3 Å². The molecule has 0 aromatic carbocycles. The Balaban J connectivity index is 2.14. The summed E-state index contributed by atoms with van der Waals surface area (Å²) in [6, 6.07) is 0. The normalized spacial score (nSPS) is 15.9. The first-order chi connectivity index (χ1) is 8.63. The van der Waals surface area contributed by atoms with E-state index in [4.69, 9.17) is 10.5 Å². The van der Waals surface area contributed by atoms with Crippen molar-refractivity contribution in [1.82, 2.24) is 4.37 Å². The zero-order chi connectivity index (χ0) is 13.1. The molecule has 0 amide bonds. The van der Waals surface area contributed by atoms with E-state index in [9.17, 15) is 4.79 Å². The van der Waals surface area contributed by atoms with E-state index in [1.807, 2.05) is 7.05 Å². The summed E-state index contributed by atoms with van der Waals surface area (Å²) in [5, 5.41) is 0.811. The number of nitrogens with two attached hydrogens (primary N) is 1. The van der Waals surface area contributed by atoms with Gasteiger partial charge in [0.2, 0.25) is 0 Å². The topological polar surface area (TPSA) is 68.5 Å². The molecule has 0 bridgehead atoms. The average molecular weight is 269 g/mol. The highest BCUT2D eigenvalue weighted by Crippen LogP contribution is 2.33. The highest BCUT2D eigenvalue weighted by Gasteiger charge is 2.25. The number of anilines is 2. The van der Waals surface area contributed by atoms with Crippen molar-refractivity contribution in [3.8, 4) is 0 Å². The minimum atomic E-state index is -0.408. The molecular formula is C12H19N3O2S. The van der Waals surface area contributed by atoms with E-state index in [2.05, 4.69) is 9.27 Å². The number of carbonyl (C=O) groups is 1. The molecule has 2 rings (SSSR count). The summed E-state index contributed by atoms with van der Waals surface area (Å²) in [6.07, 6.45) is 5.17. The molecule has 0 radical (unpaired) electrons. The quantitative estimate of drug-likeness (QED) is 0.848. The molecule has 1 saturated carbocycles. The molecule has 2 N–H and O–H groups in total. The van der Waals surface area contributed by atoms with Crippen LogP contribution < -0.4 is 10.6 Å². The molecule has 5 nitrogen and oxygen atoms in total. The lowest BCUT2D eigenvalue weighted by Crippen LogP contribution is -2.25. The third-order valence-corrected chi connectivity index (χ3v) is 4.42. The number of ether oxygens (including phenoxy) is 1. The minimum Gasteiger partial charge on any atom is -0.465 e. The fourth-order valence-electron chi connectivity index (χ4n) is 2.51. The molecule has 1 aliphatic carbocycles. The van der Waals surface area contributed by atoms with Gasteiger partial charge in [-0.25, -0.2) is 4.79 Å². The highest BCUT2D eigenvalue weighted by molar-refractivity contribution is 7.11. The summed E-state index contributed by atoms with van der Waals surface area (Å²) < 4.78 is 8.82. The number of carbonyl (C=O) groups excluding carboxylic acids is 1. The van der Waals surface area contributed by atoms with Crippen LogP contribution >= 0.6 is 11.5 Å².